The van der Waals surface area contributed by atoms with Gasteiger partial charge in [0.2, 0.25) is 34.8 Å². The third kappa shape index (κ3) is 20.4. The first-order valence-electron chi connectivity index (χ1n) is 17.8. The number of hydrogen-bond donors (Lipinski definition) is 0. The van der Waals surface area contributed by atoms with Gasteiger partial charge in [-0.15, -0.1) is 0 Å². The van der Waals surface area contributed by atoms with Crippen LogP contribution in [-0.2, 0) is 44.4 Å². The molecule has 0 spiro atoms. The summed E-state index contributed by atoms with van der Waals surface area (Å²) in [6.45, 7) is 7.28. The lowest BCUT2D eigenvalue weighted by Gasteiger charge is -2.09. The summed E-state index contributed by atoms with van der Waals surface area (Å²) in [7, 11) is 0. The van der Waals surface area contributed by atoms with E-state index < -0.39 is 47.2 Å². The van der Waals surface area contributed by atoms with Crippen molar-refractivity contribution in [2.24, 2.45) is 0 Å². The summed E-state index contributed by atoms with van der Waals surface area (Å²) in [5.41, 5.74) is 1.35. The number of hydrogen-bond acceptors (Lipinski definition) is 10. The summed E-state index contributed by atoms with van der Waals surface area (Å²) in [5, 5.41) is 0. The summed E-state index contributed by atoms with van der Waals surface area (Å²) in [4.78, 5) is 11.7. The van der Waals surface area contributed by atoms with Crippen LogP contribution < -0.4 is 9.47 Å². The Bertz CT molecular complexity index is 1190. The second-order valence-electron chi connectivity index (χ2n) is 11.4. The van der Waals surface area contributed by atoms with Crippen molar-refractivity contribution in [3.05, 3.63) is 58.9 Å². The number of aryl methyl sites for hydroxylation is 1. The van der Waals surface area contributed by atoms with Crippen LogP contribution in [0.5, 0.6) is 11.5 Å². The molecule has 15 heteroatoms. The number of rotatable bonds is 33. The van der Waals surface area contributed by atoms with E-state index >= 15 is 0 Å². The maximum Gasteiger partial charge on any atom is 0.313 e. The molecule has 296 valence electrons. The van der Waals surface area contributed by atoms with Crippen LogP contribution in [0.1, 0.15) is 57.4 Å². The lowest BCUT2D eigenvalue weighted by molar-refractivity contribution is -0.136. The second-order valence-corrected chi connectivity index (χ2v) is 11.4. The smallest absolute Gasteiger partial charge is 0.313 e. The Balaban J connectivity index is 1.27. The van der Waals surface area contributed by atoms with E-state index in [1.165, 1.54) is 44.1 Å². The van der Waals surface area contributed by atoms with Crippen LogP contribution in [0, 0.1) is 29.1 Å². The van der Waals surface area contributed by atoms with Gasteiger partial charge in [0.05, 0.1) is 98.9 Å². The van der Waals surface area contributed by atoms with Crippen molar-refractivity contribution in [3.63, 3.8) is 0 Å². The largest absolute Gasteiger partial charge is 0.491 e. The molecule has 0 N–H and O–H groups in total. The summed E-state index contributed by atoms with van der Waals surface area (Å²) in [5.74, 6) is -13.3. The Morgan fingerprint density at radius 1 is 0.481 bits per heavy atom. The highest BCUT2D eigenvalue weighted by atomic mass is 19.2. The molecular weight excluding hydrogens is 699 g/mol. The number of esters is 1. The lowest BCUT2D eigenvalue weighted by Crippen LogP contribution is -2.16. The van der Waals surface area contributed by atoms with E-state index in [-0.39, 0.29) is 26.4 Å². The minimum atomic E-state index is -2.35. The molecule has 0 aliphatic carbocycles. The molecule has 0 fully saturated rings. The predicted molar refractivity (Wildman–Crippen MR) is 181 cm³/mol. The fraction of sp³-hybridized carbons (Fsp3) is 0.649. The Kier molecular flexibility index (Phi) is 25.7. The molecule has 0 bridgehead atoms. The van der Waals surface area contributed by atoms with Crippen molar-refractivity contribution < 1.29 is 69.4 Å². The molecule has 0 aromatic heterocycles. The summed E-state index contributed by atoms with van der Waals surface area (Å²) in [6, 6.07) is 8.31. The zero-order valence-electron chi connectivity index (χ0n) is 30.0. The van der Waals surface area contributed by atoms with E-state index in [1.807, 2.05) is 12.1 Å². The quantitative estimate of drug-likeness (QED) is 0.0194. The number of carbonyl (C=O) groups is 1. The van der Waals surface area contributed by atoms with Gasteiger partial charge in [0.25, 0.3) is 0 Å². The van der Waals surface area contributed by atoms with Crippen molar-refractivity contribution in [2.75, 3.05) is 99.1 Å². The molecule has 2 aromatic carbocycles. The van der Waals surface area contributed by atoms with Gasteiger partial charge in [-0.1, -0.05) is 51.2 Å². The first kappa shape index (κ1) is 45.2. The van der Waals surface area contributed by atoms with Crippen LogP contribution in [0.3, 0.4) is 0 Å². The summed E-state index contributed by atoms with van der Waals surface area (Å²) >= 11 is 0. The fourth-order valence-corrected chi connectivity index (χ4v) is 4.50. The van der Waals surface area contributed by atoms with Crippen LogP contribution in [0.25, 0.3) is 0 Å². The van der Waals surface area contributed by atoms with Crippen molar-refractivity contribution in [2.45, 2.75) is 58.3 Å². The molecule has 0 aliphatic heterocycles. The Morgan fingerprint density at radius 2 is 0.865 bits per heavy atom. The molecule has 0 unspecified atom stereocenters. The molecule has 2 rings (SSSR count). The average molecular weight is 753 g/mol. The number of benzene rings is 2. The normalized spacial score (nSPS) is 11.3. The van der Waals surface area contributed by atoms with Gasteiger partial charge in [-0.2, -0.15) is 8.78 Å². The molecule has 0 saturated carbocycles. The fourth-order valence-electron chi connectivity index (χ4n) is 4.50. The van der Waals surface area contributed by atoms with Crippen molar-refractivity contribution in [1.82, 2.24) is 0 Å². The highest BCUT2D eigenvalue weighted by Crippen LogP contribution is 2.29. The SMILES string of the molecule is CCCCCCCCc1ccc(OCCOCCOCCOCCOCCOCCOCCOCCC(=O)Oc2c(F)c(F)c(F)c(F)c2F)cc1. The maximum atomic E-state index is 13.6. The highest BCUT2D eigenvalue weighted by molar-refractivity contribution is 5.72. The minimum Gasteiger partial charge on any atom is -0.491 e. The number of ether oxygens (including phenoxy) is 9. The molecular formula is C37H53F5O10. The Morgan fingerprint density at radius 3 is 1.33 bits per heavy atom. The summed E-state index contributed by atoms with van der Waals surface area (Å²) in [6.07, 6.45) is 8.44. The number of halogens is 5. The zero-order valence-corrected chi connectivity index (χ0v) is 30.0. The third-order valence-corrected chi connectivity index (χ3v) is 7.31. The van der Waals surface area contributed by atoms with E-state index in [9.17, 15) is 26.7 Å². The van der Waals surface area contributed by atoms with E-state index in [4.69, 9.17) is 37.9 Å². The van der Waals surface area contributed by atoms with Crippen LogP contribution in [0.4, 0.5) is 22.0 Å². The standard InChI is InChI=1S/C37H53F5O10/c1-2-3-4-5-6-7-8-29-9-11-30(12-10-29)51-28-27-50-26-25-49-24-23-48-22-21-47-20-19-46-18-17-45-16-15-44-14-13-31(43)52-37-35(41)33(39)32(38)34(40)36(37)42/h9-12H,2-8,13-28H2,1H3. The molecule has 0 aliphatic rings. The number of carbonyl (C=O) groups excluding carboxylic acids is 1. The van der Waals surface area contributed by atoms with Gasteiger partial charge in [0, 0.05) is 0 Å². The van der Waals surface area contributed by atoms with Gasteiger partial charge in [0.15, 0.2) is 0 Å². The van der Waals surface area contributed by atoms with E-state index in [1.54, 1.807) is 0 Å². The van der Waals surface area contributed by atoms with Crippen molar-refractivity contribution >= 4 is 5.97 Å². The molecule has 0 saturated heterocycles. The monoisotopic (exact) mass is 752 g/mol. The molecule has 2 aromatic rings. The molecule has 0 amide bonds. The first-order chi connectivity index (χ1) is 25.3. The topological polar surface area (TPSA) is 100 Å². The zero-order chi connectivity index (χ0) is 37.7. The molecule has 0 radical (unpaired) electrons. The van der Waals surface area contributed by atoms with Crippen molar-refractivity contribution in [1.29, 1.82) is 0 Å². The van der Waals surface area contributed by atoms with Gasteiger partial charge >= 0.3 is 5.97 Å². The Labute approximate surface area is 303 Å². The third-order valence-electron chi connectivity index (χ3n) is 7.31. The van der Waals surface area contributed by atoms with Crippen LogP contribution >= 0.6 is 0 Å². The van der Waals surface area contributed by atoms with Gasteiger partial charge < -0.3 is 42.6 Å². The Hall–Kier alpha value is -2.92. The van der Waals surface area contributed by atoms with E-state index in [0.717, 1.165) is 12.2 Å². The van der Waals surface area contributed by atoms with Crippen LogP contribution in [-0.4, -0.2) is 105 Å². The van der Waals surface area contributed by atoms with Crippen molar-refractivity contribution in [3.8, 4) is 11.5 Å². The van der Waals surface area contributed by atoms with E-state index in [2.05, 4.69) is 23.8 Å². The molecule has 52 heavy (non-hydrogen) atoms. The minimum absolute atomic E-state index is 0.0857. The summed E-state index contributed by atoms with van der Waals surface area (Å²) < 4.78 is 114. The predicted octanol–water partition coefficient (Wildman–Crippen LogP) is 6.78. The van der Waals surface area contributed by atoms with Crippen LogP contribution in [0.15, 0.2) is 24.3 Å². The van der Waals surface area contributed by atoms with Gasteiger partial charge in [-0.25, -0.2) is 13.2 Å². The molecule has 10 nitrogen and oxygen atoms in total. The van der Waals surface area contributed by atoms with E-state index in [0.29, 0.717) is 72.7 Å². The molecule has 0 heterocycles. The maximum absolute atomic E-state index is 13.6. The first-order valence-corrected chi connectivity index (χ1v) is 17.8. The van der Waals surface area contributed by atoms with Gasteiger partial charge in [0.1, 0.15) is 12.4 Å². The van der Waals surface area contributed by atoms with Gasteiger partial charge in [-0.05, 0) is 30.5 Å². The highest BCUT2D eigenvalue weighted by Gasteiger charge is 2.28. The number of unbranched alkanes of at least 4 members (excludes halogenated alkanes) is 5. The van der Waals surface area contributed by atoms with Gasteiger partial charge in [-0.3, -0.25) is 4.79 Å². The second kappa shape index (κ2) is 29.5. The lowest BCUT2D eigenvalue weighted by atomic mass is 10.0. The molecule has 0 atom stereocenters. The van der Waals surface area contributed by atoms with Crippen LogP contribution in [0.2, 0.25) is 0 Å². The average Bonchev–Trinajstić information content (AvgIpc) is 3.15.